The van der Waals surface area contributed by atoms with Crippen molar-refractivity contribution < 1.29 is 18.7 Å². The van der Waals surface area contributed by atoms with E-state index in [1.54, 1.807) is 6.07 Å². The Morgan fingerprint density at radius 3 is 2.33 bits per heavy atom. The van der Waals surface area contributed by atoms with E-state index in [0.29, 0.717) is 18.4 Å². The number of benzene rings is 1. The molecule has 1 aromatic carbocycles. The molecule has 2 aliphatic rings. The SMILES string of the molecule is COc1ccc(CN2C(=O)[C@H]3CC=CC[C@H]3C2=O)cc1F. The number of methoxy groups -OCH3 is 1. The largest absolute Gasteiger partial charge is 0.494 e. The normalized spacial score (nSPS) is 24.4. The third-order valence-corrected chi connectivity index (χ3v) is 4.16. The Morgan fingerprint density at radius 2 is 1.81 bits per heavy atom. The molecule has 5 heteroatoms. The lowest BCUT2D eigenvalue weighted by Crippen LogP contribution is -2.30. The topological polar surface area (TPSA) is 46.6 Å². The van der Waals surface area contributed by atoms with Crippen molar-refractivity contribution in [3.05, 3.63) is 41.7 Å². The van der Waals surface area contributed by atoms with Crippen LogP contribution in [0.3, 0.4) is 0 Å². The Hall–Kier alpha value is -2.17. The summed E-state index contributed by atoms with van der Waals surface area (Å²) in [7, 11) is 1.39. The van der Waals surface area contributed by atoms with E-state index in [4.69, 9.17) is 4.74 Å². The first-order chi connectivity index (χ1) is 10.1. The number of fused-ring (bicyclic) bond motifs is 1. The number of halogens is 1. The highest BCUT2D eigenvalue weighted by Gasteiger charge is 2.46. The van der Waals surface area contributed by atoms with Gasteiger partial charge in [0.25, 0.3) is 0 Å². The first kappa shape index (κ1) is 13.8. The Kier molecular flexibility index (Phi) is 3.49. The minimum Gasteiger partial charge on any atom is -0.494 e. The molecule has 3 rings (SSSR count). The molecule has 0 aromatic heterocycles. The van der Waals surface area contributed by atoms with Crippen molar-refractivity contribution >= 4 is 11.8 Å². The Bertz CT molecular complexity index is 600. The molecule has 1 heterocycles. The molecule has 1 fully saturated rings. The highest BCUT2D eigenvalue weighted by Crippen LogP contribution is 2.35. The summed E-state index contributed by atoms with van der Waals surface area (Å²) in [5.74, 6) is -1.13. The summed E-state index contributed by atoms with van der Waals surface area (Å²) in [5.41, 5.74) is 0.585. The summed E-state index contributed by atoms with van der Waals surface area (Å²) in [5, 5.41) is 0. The third-order valence-electron chi connectivity index (χ3n) is 4.16. The number of hydrogen-bond acceptors (Lipinski definition) is 3. The number of likely N-dealkylation sites (tertiary alicyclic amines) is 1. The van der Waals surface area contributed by atoms with Crippen LogP contribution >= 0.6 is 0 Å². The highest BCUT2D eigenvalue weighted by molar-refractivity contribution is 6.05. The van der Waals surface area contributed by atoms with Crippen LogP contribution in [-0.2, 0) is 16.1 Å². The van der Waals surface area contributed by atoms with Crippen molar-refractivity contribution in [3.8, 4) is 5.75 Å². The zero-order valence-corrected chi connectivity index (χ0v) is 11.7. The van der Waals surface area contributed by atoms with Gasteiger partial charge in [-0.05, 0) is 30.5 Å². The summed E-state index contributed by atoms with van der Waals surface area (Å²) in [6, 6.07) is 4.48. The van der Waals surface area contributed by atoms with Crippen molar-refractivity contribution in [2.24, 2.45) is 11.8 Å². The number of carbonyl (C=O) groups excluding carboxylic acids is 2. The molecular formula is C16H16FNO3. The Balaban J connectivity index is 1.80. The summed E-state index contributed by atoms with van der Waals surface area (Å²) in [4.78, 5) is 25.9. The third kappa shape index (κ3) is 2.33. The van der Waals surface area contributed by atoms with E-state index in [9.17, 15) is 14.0 Å². The molecule has 21 heavy (non-hydrogen) atoms. The maximum Gasteiger partial charge on any atom is 0.233 e. The van der Waals surface area contributed by atoms with Gasteiger partial charge >= 0.3 is 0 Å². The maximum absolute atomic E-state index is 13.7. The molecule has 2 amide bonds. The van der Waals surface area contributed by atoms with Gasteiger partial charge in [0.2, 0.25) is 11.8 Å². The van der Waals surface area contributed by atoms with Gasteiger partial charge in [-0.2, -0.15) is 0 Å². The predicted octanol–water partition coefficient (Wildman–Crippen LogP) is 2.29. The van der Waals surface area contributed by atoms with Crippen LogP contribution in [0.1, 0.15) is 18.4 Å². The molecule has 0 unspecified atom stereocenters. The highest BCUT2D eigenvalue weighted by atomic mass is 19.1. The average molecular weight is 289 g/mol. The fraction of sp³-hybridized carbons (Fsp3) is 0.375. The van der Waals surface area contributed by atoms with Gasteiger partial charge < -0.3 is 4.74 Å². The van der Waals surface area contributed by atoms with Crippen molar-refractivity contribution in [2.45, 2.75) is 19.4 Å². The van der Waals surface area contributed by atoms with Gasteiger partial charge in [0.1, 0.15) is 0 Å². The van der Waals surface area contributed by atoms with Gasteiger partial charge in [0, 0.05) is 0 Å². The van der Waals surface area contributed by atoms with Gasteiger partial charge in [-0.1, -0.05) is 18.2 Å². The van der Waals surface area contributed by atoms with Gasteiger partial charge in [-0.3, -0.25) is 14.5 Å². The predicted molar refractivity (Wildman–Crippen MR) is 73.9 cm³/mol. The molecule has 0 radical (unpaired) electrons. The molecule has 1 saturated heterocycles. The second-order valence-corrected chi connectivity index (χ2v) is 5.39. The lowest BCUT2D eigenvalue weighted by atomic mass is 9.85. The van der Waals surface area contributed by atoms with E-state index in [1.807, 2.05) is 12.2 Å². The van der Waals surface area contributed by atoms with E-state index in [2.05, 4.69) is 0 Å². The number of rotatable bonds is 3. The minimum atomic E-state index is -0.492. The number of amides is 2. The first-order valence-electron chi connectivity index (χ1n) is 6.94. The smallest absolute Gasteiger partial charge is 0.233 e. The molecule has 0 bridgehead atoms. The van der Waals surface area contributed by atoms with E-state index >= 15 is 0 Å². The molecule has 4 nitrogen and oxygen atoms in total. The molecule has 0 spiro atoms. The Labute approximate surface area is 122 Å². The van der Waals surface area contributed by atoms with Gasteiger partial charge in [-0.15, -0.1) is 0 Å². The van der Waals surface area contributed by atoms with Crippen LogP contribution in [0.5, 0.6) is 5.75 Å². The van der Waals surface area contributed by atoms with Crippen LogP contribution in [0, 0.1) is 17.7 Å². The molecule has 1 aliphatic carbocycles. The molecule has 1 aromatic rings. The van der Waals surface area contributed by atoms with Gasteiger partial charge in [0.05, 0.1) is 25.5 Å². The van der Waals surface area contributed by atoms with E-state index in [1.165, 1.54) is 24.1 Å². The fourth-order valence-electron chi connectivity index (χ4n) is 3.02. The van der Waals surface area contributed by atoms with Gasteiger partial charge in [0.15, 0.2) is 11.6 Å². The molecule has 0 saturated carbocycles. The van der Waals surface area contributed by atoms with Crippen LogP contribution < -0.4 is 4.74 Å². The number of allylic oxidation sites excluding steroid dienone is 2. The van der Waals surface area contributed by atoms with Crippen LogP contribution in [0.4, 0.5) is 4.39 Å². The van der Waals surface area contributed by atoms with E-state index in [-0.39, 0.29) is 35.9 Å². The molecular weight excluding hydrogens is 273 g/mol. The summed E-state index contributed by atoms with van der Waals surface area (Å²) < 4.78 is 18.5. The number of carbonyl (C=O) groups is 2. The maximum atomic E-state index is 13.7. The second-order valence-electron chi connectivity index (χ2n) is 5.39. The number of imide groups is 1. The lowest BCUT2D eigenvalue weighted by molar-refractivity contribution is -0.140. The van der Waals surface area contributed by atoms with Crippen molar-refractivity contribution in [3.63, 3.8) is 0 Å². The fourth-order valence-corrected chi connectivity index (χ4v) is 3.02. The van der Waals surface area contributed by atoms with Crippen LogP contribution in [-0.4, -0.2) is 23.8 Å². The summed E-state index contributed by atoms with van der Waals surface area (Å²) in [6.07, 6.45) is 5.12. The standard InChI is InChI=1S/C16H16FNO3/c1-21-14-7-6-10(8-13(14)17)9-18-15(19)11-4-2-3-5-12(11)16(18)20/h2-3,6-8,11-12H,4-5,9H2,1H3/t11-,12+. The summed E-state index contributed by atoms with van der Waals surface area (Å²) >= 11 is 0. The van der Waals surface area contributed by atoms with Crippen LogP contribution in [0.2, 0.25) is 0 Å². The molecule has 2 atom stereocenters. The molecule has 0 N–H and O–H groups in total. The van der Waals surface area contributed by atoms with E-state index < -0.39 is 5.82 Å². The molecule has 110 valence electrons. The van der Waals surface area contributed by atoms with Gasteiger partial charge in [-0.25, -0.2) is 4.39 Å². The quantitative estimate of drug-likeness (QED) is 0.633. The second kappa shape index (κ2) is 5.31. The lowest BCUT2D eigenvalue weighted by Gasteiger charge is -2.15. The minimum absolute atomic E-state index is 0.117. The molecule has 1 aliphatic heterocycles. The van der Waals surface area contributed by atoms with Crippen LogP contribution in [0.25, 0.3) is 0 Å². The van der Waals surface area contributed by atoms with Crippen molar-refractivity contribution in [2.75, 3.05) is 7.11 Å². The number of hydrogen-bond donors (Lipinski definition) is 0. The summed E-state index contributed by atoms with van der Waals surface area (Å²) in [6.45, 7) is 0.117. The van der Waals surface area contributed by atoms with Crippen molar-refractivity contribution in [1.82, 2.24) is 4.90 Å². The monoisotopic (exact) mass is 289 g/mol. The Morgan fingerprint density at radius 1 is 1.19 bits per heavy atom. The first-order valence-corrected chi connectivity index (χ1v) is 6.94. The zero-order valence-electron chi connectivity index (χ0n) is 11.7. The average Bonchev–Trinajstić information content (AvgIpc) is 2.73. The number of ether oxygens (including phenoxy) is 1. The van der Waals surface area contributed by atoms with Crippen LogP contribution in [0.15, 0.2) is 30.4 Å². The number of nitrogens with zero attached hydrogens (tertiary/aromatic N) is 1. The van der Waals surface area contributed by atoms with Crippen molar-refractivity contribution in [1.29, 1.82) is 0 Å². The zero-order chi connectivity index (χ0) is 15.0. The van der Waals surface area contributed by atoms with E-state index in [0.717, 1.165) is 0 Å².